The van der Waals surface area contributed by atoms with Crippen molar-refractivity contribution in [3.05, 3.63) is 29.8 Å². The first-order chi connectivity index (χ1) is 12.8. The Hall–Kier alpha value is -2.26. The zero-order valence-electron chi connectivity index (χ0n) is 15.3. The van der Waals surface area contributed by atoms with Gasteiger partial charge in [-0.05, 0) is 24.1 Å². The van der Waals surface area contributed by atoms with Gasteiger partial charge in [-0.25, -0.2) is 8.42 Å². The van der Waals surface area contributed by atoms with Gasteiger partial charge in [-0.15, -0.1) is 0 Å². The molecule has 0 aliphatic carbocycles. The summed E-state index contributed by atoms with van der Waals surface area (Å²) in [5.41, 5.74) is 0.883. The van der Waals surface area contributed by atoms with Gasteiger partial charge in [0.25, 0.3) is 0 Å². The minimum Gasteiger partial charge on any atom is -0.378 e. The lowest BCUT2D eigenvalue weighted by atomic mass is 10.1. The summed E-state index contributed by atoms with van der Waals surface area (Å²) in [5.74, 6) is -0.460. The van der Waals surface area contributed by atoms with Crippen molar-refractivity contribution in [1.82, 2.24) is 10.2 Å². The van der Waals surface area contributed by atoms with Gasteiger partial charge >= 0.3 is 0 Å². The number of benzene rings is 1. The zero-order valence-corrected chi connectivity index (χ0v) is 16.1. The average molecular weight is 396 g/mol. The Balaban J connectivity index is 1.57. The Labute approximate surface area is 158 Å². The van der Waals surface area contributed by atoms with Crippen LogP contribution >= 0.6 is 0 Å². The summed E-state index contributed by atoms with van der Waals surface area (Å²) in [6.07, 6.45) is 2.49. The second-order valence-electron chi connectivity index (χ2n) is 6.32. The third kappa shape index (κ3) is 6.76. The number of aryl methyl sites for hydroxylation is 1. The topological polar surface area (TPSA) is 110 Å². The van der Waals surface area contributed by atoms with Crippen molar-refractivity contribution >= 4 is 27.6 Å². The van der Waals surface area contributed by atoms with Gasteiger partial charge in [-0.2, -0.15) is 0 Å². The number of ether oxygens (including phenoxy) is 1. The van der Waals surface area contributed by atoms with E-state index in [-0.39, 0.29) is 55.0 Å². The summed E-state index contributed by atoms with van der Waals surface area (Å²) in [7, 11) is -3.22. The van der Waals surface area contributed by atoms with Crippen molar-refractivity contribution in [1.29, 1.82) is 0 Å². The fourth-order valence-electron chi connectivity index (χ4n) is 2.64. The summed E-state index contributed by atoms with van der Waals surface area (Å²) >= 11 is 0. The van der Waals surface area contributed by atoms with E-state index < -0.39 is 9.84 Å². The highest BCUT2D eigenvalue weighted by Crippen LogP contribution is 2.12. The van der Waals surface area contributed by atoms with E-state index in [0.717, 1.165) is 11.8 Å². The van der Waals surface area contributed by atoms with Crippen LogP contribution in [-0.4, -0.2) is 63.6 Å². The lowest BCUT2D eigenvalue weighted by molar-refractivity contribution is -0.139. The van der Waals surface area contributed by atoms with Crippen LogP contribution in [0.5, 0.6) is 0 Å². The van der Waals surface area contributed by atoms with Crippen LogP contribution in [0.15, 0.2) is 29.2 Å². The number of rotatable bonds is 10. The molecule has 1 aliphatic rings. The highest BCUT2D eigenvalue weighted by Gasteiger charge is 2.28. The van der Waals surface area contributed by atoms with Crippen LogP contribution in [0.2, 0.25) is 0 Å². The summed E-state index contributed by atoms with van der Waals surface area (Å²) in [5, 5.41) is 2.73. The molecule has 0 radical (unpaired) electrons. The van der Waals surface area contributed by atoms with Gasteiger partial charge in [0.15, 0.2) is 9.84 Å². The molecule has 1 fully saturated rings. The summed E-state index contributed by atoms with van der Waals surface area (Å²) < 4.78 is 28.1. The van der Waals surface area contributed by atoms with Gasteiger partial charge in [-0.1, -0.05) is 12.1 Å². The van der Waals surface area contributed by atoms with Gasteiger partial charge < -0.3 is 10.1 Å². The van der Waals surface area contributed by atoms with E-state index in [4.69, 9.17) is 4.74 Å². The summed E-state index contributed by atoms with van der Waals surface area (Å²) in [6.45, 7) is 1.13. The number of imide groups is 1. The van der Waals surface area contributed by atoms with Crippen LogP contribution in [0.4, 0.5) is 0 Å². The molecule has 148 valence electrons. The molecule has 3 amide bonds. The third-order valence-corrected chi connectivity index (χ3v) is 5.30. The summed E-state index contributed by atoms with van der Waals surface area (Å²) in [4.78, 5) is 36.1. The highest BCUT2D eigenvalue weighted by atomic mass is 32.2. The molecule has 0 saturated carbocycles. The molecular formula is C18H24N2O6S. The van der Waals surface area contributed by atoms with Crippen LogP contribution in [-0.2, 0) is 35.4 Å². The van der Waals surface area contributed by atoms with Crippen molar-refractivity contribution < 1.29 is 27.5 Å². The molecule has 0 aromatic heterocycles. The number of amides is 3. The number of carbonyl (C=O) groups excluding carboxylic acids is 3. The number of hydrogen-bond donors (Lipinski definition) is 1. The second-order valence-corrected chi connectivity index (χ2v) is 8.33. The van der Waals surface area contributed by atoms with Crippen LogP contribution in [0.1, 0.15) is 24.8 Å². The first-order valence-corrected chi connectivity index (χ1v) is 10.6. The third-order valence-electron chi connectivity index (χ3n) is 4.17. The molecule has 2 rings (SSSR count). The molecular weight excluding hydrogens is 372 g/mol. The van der Waals surface area contributed by atoms with Crippen molar-refractivity contribution in [2.45, 2.75) is 30.6 Å². The number of hydrogen-bond acceptors (Lipinski definition) is 6. The largest absolute Gasteiger partial charge is 0.378 e. The second kappa shape index (κ2) is 9.61. The van der Waals surface area contributed by atoms with E-state index in [1.54, 1.807) is 12.1 Å². The number of likely N-dealkylation sites (tertiary alicyclic amines) is 1. The normalized spacial score (nSPS) is 14.6. The molecule has 8 nitrogen and oxygen atoms in total. The number of sulfone groups is 1. The van der Waals surface area contributed by atoms with Crippen LogP contribution in [0, 0.1) is 0 Å². The van der Waals surface area contributed by atoms with Gasteiger partial charge in [0.2, 0.25) is 17.7 Å². The van der Waals surface area contributed by atoms with Gasteiger partial charge in [0.05, 0.1) is 24.7 Å². The maximum absolute atomic E-state index is 11.8. The van der Waals surface area contributed by atoms with Crippen LogP contribution < -0.4 is 5.32 Å². The van der Waals surface area contributed by atoms with Crippen LogP contribution in [0.25, 0.3) is 0 Å². The first-order valence-electron chi connectivity index (χ1n) is 8.74. The van der Waals surface area contributed by atoms with Crippen molar-refractivity contribution in [2.75, 3.05) is 32.6 Å². The van der Waals surface area contributed by atoms with Crippen molar-refractivity contribution in [2.24, 2.45) is 0 Å². The standard InChI is InChI=1S/C18H24N2O6S/c1-27(24,25)15-5-2-14(3-6-15)4-7-16(21)19-10-12-26-13-11-20-17(22)8-9-18(20)23/h2-3,5-6H,4,7-13H2,1H3,(H,19,21). The predicted octanol–water partition coefficient (Wildman–Crippen LogP) is 0.305. The average Bonchev–Trinajstić information content (AvgIpc) is 2.94. The van der Waals surface area contributed by atoms with Gasteiger partial charge in [0, 0.05) is 32.1 Å². The Morgan fingerprint density at radius 2 is 1.74 bits per heavy atom. The lowest BCUT2D eigenvalue weighted by Gasteiger charge is -2.13. The number of nitrogens with one attached hydrogen (secondary N) is 1. The maximum atomic E-state index is 11.8. The minimum absolute atomic E-state index is 0.129. The molecule has 0 atom stereocenters. The molecule has 1 N–H and O–H groups in total. The van der Waals surface area contributed by atoms with Crippen molar-refractivity contribution in [3.63, 3.8) is 0 Å². The fraction of sp³-hybridized carbons (Fsp3) is 0.500. The molecule has 1 saturated heterocycles. The van der Waals surface area contributed by atoms with E-state index in [1.165, 1.54) is 17.0 Å². The fourth-order valence-corrected chi connectivity index (χ4v) is 3.27. The lowest BCUT2D eigenvalue weighted by Crippen LogP contribution is -2.33. The van der Waals surface area contributed by atoms with Crippen molar-refractivity contribution in [3.8, 4) is 0 Å². The van der Waals surface area contributed by atoms with E-state index in [1.807, 2.05) is 0 Å². The first kappa shape index (κ1) is 21.0. The molecule has 1 aromatic carbocycles. The summed E-state index contributed by atoms with van der Waals surface area (Å²) in [6, 6.07) is 6.47. The van der Waals surface area contributed by atoms with E-state index in [9.17, 15) is 22.8 Å². The van der Waals surface area contributed by atoms with E-state index in [2.05, 4.69) is 5.32 Å². The highest BCUT2D eigenvalue weighted by molar-refractivity contribution is 7.90. The van der Waals surface area contributed by atoms with Crippen LogP contribution in [0.3, 0.4) is 0 Å². The molecule has 9 heteroatoms. The molecule has 0 spiro atoms. The SMILES string of the molecule is CS(=O)(=O)c1ccc(CCC(=O)NCCOCCN2C(=O)CCC2=O)cc1. The van der Waals surface area contributed by atoms with E-state index in [0.29, 0.717) is 19.6 Å². The maximum Gasteiger partial charge on any atom is 0.229 e. The molecule has 0 bridgehead atoms. The number of nitrogens with zero attached hydrogens (tertiary/aromatic N) is 1. The zero-order chi connectivity index (χ0) is 19.9. The Morgan fingerprint density at radius 3 is 2.33 bits per heavy atom. The molecule has 0 unspecified atom stereocenters. The predicted molar refractivity (Wildman–Crippen MR) is 97.7 cm³/mol. The Morgan fingerprint density at radius 1 is 1.11 bits per heavy atom. The monoisotopic (exact) mass is 396 g/mol. The smallest absolute Gasteiger partial charge is 0.229 e. The quantitative estimate of drug-likeness (QED) is 0.450. The molecule has 1 heterocycles. The minimum atomic E-state index is -3.22. The molecule has 27 heavy (non-hydrogen) atoms. The Bertz CT molecular complexity index is 773. The van der Waals surface area contributed by atoms with E-state index >= 15 is 0 Å². The van der Waals surface area contributed by atoms with Gasteiger partial charge in [0.1, 0.15) is 0 Å². The number of carbonyl (C=O) groups is 3. The Kier molecular flexibility index (Phi) is 7.49. The molecule has 1 aromatic rings. The molecule has 1 aliphatic heterocycles. The van der Waals surface area contributed by atoms with Gasteiger partial charge in [-0.3, -0.25) is 19.3 Å².